The Morgan fingerprint density at radius 2 is 2.00 bits per heavy atom. The van der Waals surface area contributed by atoms with E-state index in [1.54, 1.807) is 11.0 Å². The van der Waals surface area contributed by atoms with Crippen LogP contribution in [0.25, 0.3) is 0 Å². The molecule has 0 saturated carbocycles. The standard InChI is InChI=1S/C11H15N3O2/c1-3-14(4-2)11(16)8-5-6-13-9(7-8)10(12)15/h5-7H,3-4H2,1-2H3,(H2,12,15). The van der Waals surface area contributed by atoms with Gasteiger partial charge in [-0.2, -0.15) is 0 Å². The molecule has 0 aliphatic rings. The van der Waals surface area contributed by atoms with E-state index in [0.29, 0.717) is 18.7 Å². The molecule has 0 saturated heterocycles. The van der Waals surface area contributed by atoms with Gasteiger partial charge in [-0.3, -0.25) is 14.6 Å². The second-order valence-corrected chi connectivity index (χ2v) is 3.27. The maximum Gasteiger partial charge on any atom is 0.267 e. The smallest absolute Gasteiger partial charge is 0.267 e. The number of nitrogens with two attached hydrogens (primary N) is 1. The second-order valence-electron chi connectivity index (χ2n) is 3.27. The average Bonchev–Trinajstić information content (AvgIpc) is 2.30. The third-order valence-corrected chi connectivity index (χ3v) is 2.31. The number of hydrogen-bond donors (Lipinski definition) is 1. The zero-order valence-corrected chi connectivity index (χ0v) is 9.43. The number of pyridine rings is 1. The van der Waals surface area contributed by atoms with Crippen LogP contribution in [0.1, 0.15) is 34.7 Å². The zero-order chi connectivity index (χ0) is 12.1. The van der Waals surface area contributed by atoms with Crippen LogP contribution in [0.2, 0.25) is 0 Å². The van der Waals surface area contributed by atoms with Crippen LogP contribution < -0.4 is 5.73 Å². The first-order valence-electron chi connectivity index (χ1n) is 5.15. The molecule has 0 aromatic carbocycles. The Bertz CT molecular complexity index is 400. The van der Waals surface area contributed by atoms with Crippen LogP contribution in [0.4, 0.5) is 0 Å². The summed E-state index contributed by atoms with van der Waals surface area (Å²) >= 11 is 0. The van der Waals surface area contributed by atoms with E-state index in [2.05, 4.69) is 4.98 Å². The number of hydrogen-bond acceptors (Lipinski definition) is 3. The zero-order valence-electron chi connectivity index (χ0n) is 9.43. The average molecular weight is 221 g/mol. The predicted octanol–water partition coefficient (Wildman–Crippen LogP) is 0.662. The van der Waals surface area contributed by atoms with Crippen molar-refractivity contribution in [2.45, 2.75) is 13.8 Å². The second kappa shape index (κ2) is 5.25. The molecule has 2 amide bonds. The van der Waals surface area contributed by atoms with Crippen molar-refractivity contribution in [3.8, 4) is 0 Å². The minimum absolute atomic E-state index is 0.109. The van der Waals surface area contributed by atoms with Crippen LogP contribution in [-0.4, -0.2) is 34.8 Å². The molecule has 0 radical (unpaired) electrons. The van der Waals surface area contributed by atoms with Crippen LogP contribution in [0.3, 0.4) is 0 Å². The van der Waals surface area contributed by atoms with E-state index in [0.717, 1.165) is 0 Å². The van der Waals surface area contributed by atoms with Crippen molar-refractivity contribution in [3.63, 3.8) is 0 Å². The number of carbonyl (C=O) groups excluding carboxylic acids is 2. The Morgan fingerprint density at radius 1 is 1.38 bits per heavy atom. The number of rotatable bonds is 4. The van der Waals surface area contributed by atoms with Crippen molar-refractivity contribution in [2.24, 2.45) is 5.73 Å². The highest BCUT2D eigenvalue weighted by atomic mass is 16.2. The summed E-state index contributed by atoms with van der Waals surface area (Å²) in [6, 6.07) is 3.00. The van der Waals surface area contributed by atoms with Gasteiger partial charge in [0.05, 0.1) is 0 Å². The molecule has 86 valence electrons. The van der Waals surface area contributed by atoms with Crippen LogP contribution in [-0.2, 0) is 0 Å². The van der Waals surface area contributed by atoms with Gasteiger partial charge in [0, 0.05) is 24.8 Å². The molecule has 0 spiro atoms. The van der Waals surface area contributed by atoms with Crippen molar-refractivity contribution in [3.05, 3.63) is 29.6 Å². The third kappa shape index (κ3) is 2.56. The Hall–Kier alpha value is -1.91. The quantitative estimate of drug-likeness (QED) is 0.811. The molecule has 1 heterocycles. The Labute approximate surface area is 94.3 Å². The van der Waals surface area contributed by atoms with Crippen molar-refractivity contribution >= 4 is 11.8 Å². The molecule has 1 aromatic heterocycles. The summed E-state index contributed by atoms with van der Waals surface area (Å²) in [7, 11) is 0. The van der Waals surface area contributed by atoms with E-state index in [9.17, 15) is 9.59 Å². The molecule has 1 aromatic rings. The molecular formula is C11H15N3O2. The lowest BCUT2D eigenvalue weighted by atomic mass is 10.2. The lowest BCUT2D eigenvalue weighted by Crippen LogP contribution is -2.30. The molecule has 0 bridgehead atoms. The molecule has 0 aliphatic carbocycles. The first-order valence-corrected chi connectivity index (χ1v) is 5.15. The molecule has 2 N–H and O–H groups in total. The number of amides is 2. The third-order valence-electron chi connectivity index (χ3n) is 2.31. The SMILES string of the molecule is CCN(CC)C(=O)c1ccnc(C(N)=O)c1. The summed E-state index contributed by atoms with van der Waals surface area (Å²) in [4.78, 5) is 28.3. The molecule has 16 heavy (non-hydrogen) atoms. The van der Waals surface area contributed by atoms with Gasteiger partial charge in [0.1, 0.15) is 5.69 Å². The van der Waals surface area contributed by atoms with Gasteiger partial charge in [-0.25, -0.2) is 0 Å². The molecule has 5 heteroatoms. The fourth-order valence-corrected chi connectivity index (χ4v) is 1.39. The normalized spacial score (nSPS) is 9.88. The number of primary amides is 1. The minimum atomic E-state index is -0.630. The van der Waals surface area contributed by atoms with Gasteiger partial charge in [0.2, 0.25) is 0 Å². The van der Waals surface area contributed by atoms with Crippen molar-refractivity contribution in [2.75, 3.05) is 13.1 Å². The Kier molecular flexibility index (Phi) is 3.99. The Morgan fingerprint density at radius 3 is 2.50 bits per heavy atom. The maximum atomic E-state index is 11.9. The first kappa shape index (κ1) is 12.2. The predicted molar refractivity (Wildman–Crippen MR) is 60.0 cm³/mol. The maximum absolute atomic E-state index is 11.9. The highest BCUT2D eigenvalue weighted by molar-refractivity contribution is 5.97. The van der Waals surface area contributed by atoms with Gasteiger partial charge in [0.15, 0.2) is 0 Å². The molecule has 0 atom stereocenters. The van der Waals surface area contributed by atoms with Gasteiger partial charge in [-0.15, -0.1) is 0 Å². The number of nitrogens with zero attached hydrogens (tertiary/aromatic N) is 2. The van der Waals surface area contributed by atoms with Gasteiger partial charge in [-0.05, 0) is 26.0 Å². The van der Waals surface area contributed by atoms with E-state index in [-0.39, 0.29) is 11.6 Å². The molecule has 1 rings (SSSR count). The van der Waals surface area contributed by atoms with E-state index >= 15 is 0 Å². The molecular weight excluding hydrogens is 206 g/mol. The van der Waals surface area contributed by atoms with Crippen molar-refractivity contribution in [1.29, 1.82) is 0 Å². The molecule has 0 fully saturated rings. The lowest BCUT2D eigenvalue weighted by molar-refractivity contribution is 0.0773. The van der Waals surface area contributed by atoms with E-state index in [4.69, 9.17) is 5.73 Å². The topological polar surface area (TPSA) is 76.3 Å². The molecule has 0 aliphatic heterocycles. The lowest BCUT2D eigenvalue weighted by Gasteiger charge is -2.18. The minimum Gasteiger partial charge on any atom is -0.364 e. The fourth-order valence-electron chi connectivity index (χ4n) is 1.39. The van der Waals surface area contributed by atoms with Gasteiger partial charge in [-0.1, -0.05) is 0 Å². The summed E-state index contributed by atoms with van der Waals surface area (Å²) in [5, 5.41) is 0. The summed E-state index contributed by atoms with van der Waals surface area (Å²) in [5.74, 6) is -0.746. The summed E-state index contributed by atoms with van der Waals surface area (Å²) in [5.41, 5.74) is 5.64. The highest BCUT2D eigenvalue weighted by Crippen LogP contribution is 2.05. The summed E-state index contributed by atoms with van der Waals surface area (Å²) < 4.78 is 0. The fraction of sp³-hybridized carbons (Fsp3) is 0.364. The van der Waals surface area contributed by atoms with Crippen molar-refractivity contribution in [1.82, 2.24) is 9.88 Å². The highest BCUT2D eigenvalue weighted by Gasteiger charge is 2.14. The monoisotopic (exact) mass is 221 g/mol. The van der Waals surface area contributed by atoms with Gasteiger partial charge in [0.25, 0.3) is 11.8 Å². The molecule has 0 unspecified atom stereocenters. The van der Waals surface area contributed by atoms with Gasteiger partial charge >= 0.3 is 0 Å². The van der Waals surface area contributed by atoms with E-state index in [1.807, 2.05) is 13.8 Å². The van der Waals surface area contributed by atoms with Crippen molar-refractivity contribution < 1.29 is 9.59 Å². The van der Waals surface area contributed by atoms with Crippen LogP contribution in [0.5, 0.6) is 0 Å². The van der Waals surface area contributed by atoms with Crippen LogP contribution in [0, 0.1) is 0 Å². The van der Waals surface area contributed by atoms with Crippen LogP contribution >= 0.6 is 0 Å². The summed E-state index contributed by atoms with van der Waals surface area (Å²) in [6.07, 6.45) is 1.41. The van der Waals surface area contributed by atoms with E-state index < -0.39 is 5.91 Å². The van der Waals surface area contributed by atoms with Gasteiger partial charge < -0.3 is 10.6 Å². The summed E-state index contributed by atoms with van der Waals surface area (Å²) in [6.45, 7) is 5.06. The number of carbonyl (C=O) groups is 2. The number of aromatic nitrogens is 1. The largest absolute Gasteiger partial charge is 0.364 e. The van der Waals surface area contributed by atoms with Crippen LogP contribution in [0.15, 0.2) is 18.3 Å². The molecule has 5 nitrogen and oxygen atoms in total. The van der Waals surface area contributed by atoms with E-state index in [1.165, 1.54) is 12.3 Å². The first-order chi connectivity index (χ1) is 7.60. The Balaban J connectivity index is 3.00.